The molecule has 0 saturated carbocycles. The Balaban J connectivity index is 2.67. The van der Waals surface area contributed by atoms with Gasteiger partial charge in [0, 0.05) is 6.04 Å². The summed E-state index contributed by atoms with van der Waals surface area (Å²) >= 11 is 0. The molecule has 1 unspecified atom stereocenters. The van der Waals surface area contributed by atoms with Crippen molar-refractivity contribution in [2.24, 2.45) is 0 Å². The maximum atomic E-state index is 12.9. The molecular weight excluding hydrogens is 213 g/mol. The van der Waals surface area contributed by atoms with Crippen LogP contribution in [0.2, 0.25) is 0 Å². The second-order valence-corrected chi connectivity index (χ2v) is 4.55. The Hall–Kier alpha value is -1.15. The van der Waals surface area contributed by atoms with Crippen LogP contribution in [0.4, 0.5) is 4.39 Å². The lowest BCUT2D eigenvalue weighted by atomic mass is 10.00. The molecule has 0 aliphatic heterocycles. The zero-order valence-electron chi connectivity index (χ0n) is 10.8. The van der Waals surface area contributed by atoms with Gasteiger partial charge in [-0.1, -0.05) is 24.6 Å². The summed E-state index contributed by atoms with van der Waals surface area (Å²) in [7, 11) is 0. The predicted molar refractivity (Wildman–Crippen MR) is 71.5 cm³/mol. The van der Waals surface area contributed by atoms with Crippen molar-refractivity contribution >= 4 is 0 Å². The van der Waals surface area contributed by atoms with E-state index in [1.54, 1.807) is 0 Å². The van der Waals surface area contributed by atoms with Crippen LogP contribution in [0, 0.1) is 5.82 Å². The van der Waals surface area contributed by atoms with E-state index in [9.17, 15) is 4.39 Å². The number of nitrogens with one attached hydrogen (secondary N) is 1. The van der Waals surface area contributed by atoms with Gasteiger partial charge < -0.3 is 5.32 Å². The normalized spacial score (nSPS) is 12.4. The van der Waals surface area contributed by atoms with E-state index in [1.807, 2.05) is 19.1 Å². The molecule has 1 rings (SSSR count). The quantitative estimate of drug-likeness (QED) is 0.698. The van der Waals surface area contributed by atoms with Crippen molar-refractivity contribution in [1.29, 1.82) is 0 Å². The summed E-state index contributed by atoms with van der Waals surface area (Å²) in [4.78, 5) is 0. The van der Waals surface area contributed by atoms with E-state index >= 15 is 0 Å². The fourth-order valence-corrected chi connectivity index (χ4v) is 1.79. The fraction of sp³-hybridized carbons (Fsp3) is 0.467. The van der Waals surface area contributed by atoms with E-state index in [1.165, 1.54) is 17.7 Å². The third-order valence-corrected chi connectivity index (χ3v) is 2.77. The van der Waals surface area contributed by atoms with Crippen LogP contribution in [-0.4, -0.2) is 6.54 Å². The van der Waals surface area contributed by atoms with Crippen LogP contribution in [-0.2, 0) is 0 Å². The molecule has 0 aromatic heterocycles. The van der Waals surface area contributed by atoms with Gasteiger partial charge in [-0.05, 0) is 50.4 Å². The molecule has 0 saturated heterocycles. The number of benzene rings is 1. The number of hydrogen-bond acceptors (Lipinski definition) is 1. The average Bonchev–Trinajstić information content (AvgIpc) is 2.30. The first-order valence-corrected chi connectivity index (χ1v) is 6.26. The van der Waals surface area contributed by atoms with E-state index in [0.29, 0.717) is 6.04 Å². The first-order valence-electron chi connectivity index (χ1n) is 6.26. The first-order chi connectivity index (χ1) is 8.13. The third-order valence-electron chi connectivity index (χ3n) is 2.77. The third kappa shape index (κ3) is 5.14. The first kappa shape index (κ1) is 13.9. The van der Waals surface area contributed by atoms with Crippen molar-refractivity contribution in [2.75, 3.05) is 6.54 Å². The average molecular weight is 235 g/mol. The van der Waals surface area contributed by atoms with E-state index in [4.69, 9.17) is 0 Å². The minimum Gasteiger partial charge on any atom is -0.310 e. The zero-order valence-corrected chi connectivity index (χ0v) is 10.8. The Morgan fingerprint density at radius 1 is 1.35 bits per heavy atom. The molecule has 17 heavy (non-hydrogen) atoms. The summed E-state index contributed by atoms with van der Waals surface area (Å²) in [6.45, 7) is 9.10. The molecular formula is C15H22FN. The van der Waals surface area contributed by atoms with Crippen LogP contribution in [0.1, 0.15) is 44.7 Å². The van der Waals surface area contributed by atoms with Crippen molar-refractivity contribution in [3.05, 3.63) is 47.8 Å². The highest BCUT2D eigenvalue weighted by atomic mass is 19.1. The molecule has 1 atom stereocenters. The molecule has 0 bridgehead atoms. The maximum Gasteiger partial charge on any atom is 0.123 e. The highest BCUT2D eigenvalue weighted by Crippen LogP contribution is 2.20. The Bertz CT molecular complexity index is 342. The van der Waals surface area contributed by atoms with Crippen molar-refractivity contribution in [3.63, 3.8) is 0 Å². The number of hydrogen-bond donors (Lipinski definition) is 1. The molecule has 0 aliphatic rings. The smallest absolute Gasteiger partial charge is 0.123 e. The number of allylic oxidation sites excluding steroid dienone is 1. The largest absolute Gasteiger partial charge is 0.310 e. The van der Waals surface area contributed by atoms with Crippen LogP contribution in [0.15, 0.2) is 36.4 Å². The van der Waals surface area contributed by atoms with Gasteiger partial charge in [-0.3, -0.25) is 0 Å². The van der Waals surface area contributed by atoms with Gasteiger partial charge in [-0.2, -0.15) is 0 Å². The van der Waals surface area contributed by atoms with Crippen LogP contribution in [0.5, 0.6) is 0 Å². The van der Waals surface area contributed by atoms with Crippen LogP contribution >= 0.6 is 0 Å². The van der Waals surface area contributed by atoms with Crippen molar-refractivity contribution in [1.82, 2.24) is 5.32 Å². The lowest BCUT2D eigenvalue weighted by Crippen LogP contribution is -2.22. The summed E-state index contributed by atoms with van der Waals surface area (Å²) in [6, 6.07) is 7.07. The molecule has 1 aromatic rings. The molecule has 0 heterocycles. The summed E-state index contributed by atoms with van der Waals surface area (Å²) in [5.41, 5.74) is 2.34. The lowest BCUT2D eigenvalue weighted by Gasteiger charge is -2.19. The minimum absolute atomic E-state index is 0.178. The van der Waals surface area contributed by atoms with Crippen molar-refractivity contribution in [2.45, 2.75) is 39.2 Å². The summed E-state index contributed by atoms with van der Waals surface area (Å²) in [5.74, 6) is -0.178. The molecule has 0 radical (unpaired) electrons. The Kier molecular flexibility index (Phi) is 5.92. The van der Waals surface area contributed by atoms with Gasteiger partial charge in [0.1, 0.15) is 5.82 Å². The molecule has 1 nitrogen and oxygen atoms in total. The predicted octanol–water partition coefficient (Wildman–Crippen LogP) is 4.22. The van der Waals surface area contributed by atoms with Crippen LogP contribution < -0.4 is 5.32 Å². The Labute approximate surface area is 104 Å². The molecule has 0 amide bonds. The van der Waals surface area contributed by atoms with E-state index < -0.39 is 0 Å². The monoisotopic (exact) mass is 235 g/mol. The van der Waals surface area contributed by atoms with Gasteiger partial charge in [0.15, 0.2) is 0 Å². The number of halogens is 1. The van der Waals surface area contributed by atoms with Gasteiger partial charge in [0.2, 0.25) is 0 Å². The molecule has 0 aliphatic carbocycles. The molecule has 0 spiro atoms. The SMILES string of the molecule is C=C(C)CCC(NCCC)c1ccc(F)cc1. The lowest BCUT2D eigenvalue weighted by molar-refractivity contribution is 0.497. The Morgan fingerprint density at radius 3 is 2.53 bits per heavy atom. The van der Waals surface area contributed by atoms with Gasteiger partial charge in [-0.25, -0.2) is 4.39 Å². The zero-order chi connectivity index (χ0) is 12.7. The molecule has 2 heteroatoms. The fourth-order valence-electron chi connectivity index (χ4n) is 1.79. The second kappa shape index (κ2) is 7.23. The van der Waals surface area contributed by atoms with Crippen molar-refractivity contribution < 1.29 is 4.39 Å². The summed E-state index contributed by atoms with van der Waals surface area (Å²) in [6.07, 6.45) is 3.12. The second-order valence-electron chi connectivity index (χ2n) is 4.55. The summed E-state index contributed by atoms with van der Waals surface area (Å²) in [5, 5.41) is 3.50. The van der Waals surface area contributed by atoms with Gasteiger partial charge in [0.05, 0.1) is 0 Å². The van der Waals surface area contributed by atoms with Gasteiger partial charge in [0.25, 0.3) is 0 Å². The topological polar surface area (TPSA) is 12.0 Å². The van der Waals surface area contributed by atoms with Crippen LogP contribution in [0.25, 0.3) is 0 Å². The molecule has 1 aromatic carbocycles. The highest BCUT2D eigenvalue weighted by Gasteiger charge is 2.10. The maximum absolute atomic E-state index is 12.9. The molecule has 94 valence electrons. The Morgan fingerprint density at radius 2 is 2.00 bits per heavy atom. The van der Waals surface area contributed by atoms with E-state index in [0.717, 1.165) is 31.4 Å². The summed E-state index contributed by atoms with van der Waals surface area (Å²) < 4.78 is 12.9. The molecule has 0 fully saturated rings. The minimum atomic E-state index is -0.178. The van der Waals surface area contributed by atoms with Gasteiger partial charge in [-0.15, -0.1) is 6.58 Å². The van der Waals surface area contributed by atoms with E-state index in [2.05, 4.69) is 18.8 Å². The van der Waals surface area contributed by atoms with Crippen LogP contribution in [0.3, 0.4) is 0 Å². The number of rotatable bonds is 7. The highest BCUT2D eigenvalue weighted by molar-refractivity contribution is 5.20. The molecule has 1 N–H and O–H groups in total. The standard InChI is InChI=1S/C15H22FN/c1-4-11-17-15(10-5-12(2)3)13-6-8-14(16)9-7-13/h6-9,15,17H,2,4-5,10-11H2,1,3H3. The van der Waals surface area contributed by atoms with Crippen molar-refractivity contribution in [3.8, 4) is 0 Å². The van der Waals surface area contributed by atoms with Gasteiger partial charge >= 0.3 is 0 Å². The van der Waals surface area contributed by atoms with E-state index in [-0.39, 0.29) is 5.82 Å².